The molecule has 0 unspecified atom stereocenters. The number of hydrogen-bond donors (Lipinski definition) is 1. The van der Waals surface area contributed by atoms with Gasteiger partial charge in [-0.1, -0.05) is 11.3 Å². The van der Waals surface area contributed by atoms with E-state index in [1.54, 1.807) is 40.9 Å². The lowest BCUT2D eigenvalue weighted by molar-refractivity contribution is 0.0600. The molecule has 1 N–H and O–H groups in total. The van der Waals surface area contributed by atoms with Gasteiger partial charge in [-0.2, -0.15) is 0 Å². The second kappa shape index (κ2) is 8.19. The van der Waals surface area contributed by atoms with E-state index in [0.29, 0.717) is 38.8 Å². The Morgan fingerprint density at radius 1 is 1.13 bits per heavy atom. The van der Waals surface area contributed by atoms with Crippen LogP contribution in [0.1, 0.15) is 20.8 Å². The van der Waals surface area contributed by atoms with Gasteiger partial charge in [-0.05, 0) is 42.5 Å². The van der Waals surface area contributed by atoms with Crippen molar-refractivity contribution >= 4 is 28.2 Å². The summed E-state index contributed by atoms with van der Waals surface area (Å²) < 4.78 is 25.3. The zero-order valence-corrected chi connectivity index (χ0v) is 17.7. The van der Waals surface area contributed by atoms with Crippen LogP contribution in [0.15, 0.2) is 48.7 Å². The van der Waals surface area contributed by atoms with Gasteiger partial charge in [0, 0.05) is 24.4 Å². The summed E-state index contributed by atoms with van der Waals surface area (Å²) in [6.07, 6.45) is 1.77. The molecule has 9 heteroatoms. The number of amides is 1. The van der Waals surface area contributed by atoms with Crippen molar-refractivity contribution in [3.05, 3.63) is 65.7 Å². The van der Waals surface area contributed by atoms with Crippen LogP contribution in [0.2, 0.25) is 0 Å². The van der Waals surface area contributed by atoms with Gasteiger partial charge < -0.3 is 14.8 Å². The highest BCUT2D eigenvalue weighted by molar-refractivity contribution is 7.20. The summed E-state index contributed by atoms with van der Waals surface area (Å²) in [5.41, 5.74) is 2.46. The third-order valence-corrected chi connectivity index (χ3v) is 5.79. The first kappa shape index (κ1) is 20.5. The fraction of sp³-hybridized carbons (Fsp3) is 0.136. The Morgan fingerprint density at radius 2 is 1.87 bits per heavy atom. The summed E-state index contributed by atoms with van der Waals surface area (Å²) in [5, 5.41) is 2.63. The number of methoxy groups -OCH3 is 2. The molecule has 2 aromatic carbocycles. The molecule has 0 fully saturated rings. The molecule has 31 heavy (non-hydrogen) atoms. The summed E-state index contributed by atoms with van der Waals surface area (Å²) in [5.74, 6) is -0.593. The Hall–Kier alpha value is -3.72. The smallest absolute Gasteiger partial charge is 0.337 e. The van der Waals surface area contributed by atoms with Gasteiger partial charge in [0.15, 0.2) is 4.96 Å². The molecule has 1 amide bonds. The van der Waals surface area contributed by atoms with Crippen LogP contribution in [-0.2, 0) is 4.74 Å². The quantitative estimate of drug-likeness (QED) is 0.475. The zero-order valence-electron chi connectivity index (χ0n) is 16.9. The Balaban J connectivity index is 1.90. The minimum absolute atomic E-state index is 0.327. The minimum atomic E-state index is -0.463. The lowest BCUT2D eigenvalue weighted by atomic mass is 10.1. The summed E-state index contributed by atoms with van der Waals surface area (Å²) >= 11 is 1.33. The fourth-order valence-corrected chi connectivity index (χ4v) is 4.26. The maximum Gasteiger partial charge on any atom is 0.337 e. The Kier molecular flexibility index (Phi) is 5.43. The van der Waals surface area contributed by atoms with E-state index in [1.807, 2.05) is 0 Å². The number of esters is 1. The summed E-state index contributed by atoms with van der Waals surface area (Å²) in [6.45, 7) is 0. The first-order valence-electron chi connectivity index (χ1n) is 9.23. The molecule has 0 atom stereocenters. The topological polar surface area (TPSA) is 81.9 Å². The average molecular weight is 439 g/mol. The maximum absolute atomic E-state index is 13.4. The molecular weight excluding hydrogens is 421 g/mol. The number of fused-ring (bicyclic) bond motifs is 1. The van der Waals surface area contributed by atoms with E-state index in [2.05, 4.69) is 10.3 Å². The number of nitrogens with one attached hydrogen (secondary N) is 1. The molecular formula is C22H18FN3O4S. The molecule has 0 aliphatic rings. The number of carbonyl (C=O) groups is 2. The number of ether oxygens (including phenoxy) is 2. The highest BCUT2D eigenvalue weighted by Crippen LogP contribution is 2.38. The van der Waals surface area contributed by atoms with E-state index in [4.69, 9.17) is 9.47 Å². The Labute approximate surface area is 181 Å². The number of aromatic nitrogens is 2. The molecule has 0 aliphatic heterocycles. The molecule has 4 rings (SSSR count). The number of nitrogens with zero attached hydrogens (tertiary/aromatic N) is 2. The lowest BCUT2D eigenvalue weighted by Gasteiger charge is -2.08. The number of benzene rings is 2. The Morgan fingerprint density at radius 3 is 2.52 bits per heavy atom. The largest absolute Gasteiger partial charge is 0.496 e. The molecule has 158 valence electrons. The zero-order chi connectivity index (χ0) is 22.1. The summed E-state index contributed by atoms with van der Waals surface area (Å²) in [7, 11) is 4.39. The minimum Gasteiger partial charge on any atom is -0.496 e. The number of thiazole rings is 1. The van der Waals surface area contributed by atoms with Crippen LogP contribution in [0.5, 0.6) is 5.75 Å². The third kappa shape index (κ3) is 3.64. The third-order valence-electron chi connectivity index (χ3n) is 4.77. The van der Waals surface area contributed by atoms with Crippen molar-refractivity contribution in [1.29, 1.82) is 0 Å². The first-order chi connectivity index (χ1) is 15.0. The molecule has 4 aromatic rings. The molecule has 2 heterocycles. The van der Waals surface area contributed by atoms with E-state index < -0.39 is 5.97 Å². The van der Waals surface area contributed by atoms with Crippen molar-refractivity contribution in [3.63, 3.8) is 0 Å². The molecule has 2 aromatic heterocycles. The van der Waals surface area contributed by atoms with E-state index in [9.17, 15) is 14.0 Å². The van der Waals surface area contributed by atoms with Crippen molar-refractivity contribution in [2.24, 2.45) is 0 Å². The van der Waals surface area contributed by atoms with Crippen LogP contribution in [0.25, 0.3) is 26.7 Å². The first-order valence-corrected chi connectivity index (χ1v) is 10.0. The van der Waals surface area contributed by atoms with Gasteiger partial charge in [-0.15, -0.1) is 0 Å². The standard InChI is InChI=1S/C22H18FN3O4S/c1-24-20(27)19-18(12-4-7-14(23)8-5-12)25-22-26(19)11-17(31-22)15-10-13(21(28)30-3)6-9-16(15)29-2/h4-11H,1-3H3,(H,24,27). The fourth-order valence-electron chi connectivity index (χ4n) is 3.26. The van der Waals surface area contributed by atoms with Gasteiger partial charge in [0.05, 0.1) is 24.7 Å². The highest BCUT2D eigenvalue weighted by Gasteiger charge is 2.23. The molecule has 0 radical (unpaired) electrons. The van der Waals surface area contributed by atoms with E-state index in [-0.39, 0.29) is 11.7 Å². The van der Waals surface area contributed by atoms with Crippen molar-refractivity contribution in [3.8, 4) is 27.4 Å². The van der Waals surface area contributed by atoms with Crippen LogP contribution < -0.4 is 10.1 Å². The van der Waals surface area contributed by atoms with Gasteiger partial charge in [-0.3, -0.25) is 9.20 Å². The molecule has 0 spiro atoms. The SMILES string of the molecule is CNC(=O)c1c(-c2ccc(F)cc2)nc2sc(-c3cc(C(=O)OC)ccc3OC)cn12. The van der Waals surface area contributed by atoms with Crippen LogP contribution in [0, 0.1) is 5.82 Å². The second-order valence-electron chi connectivity index (χ2n) is 6.55. The number of hydrogen-bond acceptors (Lipinski definition) is 6. The maximum atomic E-state index is 13.4. The Bertz CT molecular complexity index is 1290. The van der Waals surface area contributed by atoms with Crippen molar-refractivity contribution < 1.29 is 23.5 Å². The normalized spacial score (nSPS) is 10.8. The van der Waals surface area contributed by atoms with Crippen molar-refractivity contribution in [2.45, 2.75) is 0 Å². The van der Waals surface area contributed by atoms with E-state index in [0.717, 1.165) is 4.88 Å². The van der Waals surface area contributed by atoms with Crippen LogP contribution in [0.4, 0.5) is 4.39 Å². The van der Waals surface area contributed by atoms with Gasteiger partial charge in [-0.25, -0.2) is 14.2 Å². The van der Waals surface area contributed by atoms with Gasteiger partial charge in [0.1, 0.15) is 23.0 Å². The number of rotatable bonds is 5. The predicted molar refractivity (Wildman–Crippen MR) is 115 cm³/mol. The number of imidazole rings is 1. The second-order valence-corrected chi connectivity index (χ2v) is 7.56. The number of halogens is 1. The van der Waals surface area contributed by atoms with Crippen LogP contribution in [0.3, 0.4) is 0 Å². The molecule has 0 aliphatic carbocycles. The number of carbonyl (C=O) groups excluding carboxylic acids is 2. The van der Waals surface area contributed by atoms with Crippen LogP contribution in [-0.4, -0.2) is 42.5 Å². The molecule has 0 saturated carbocycles. The summed E-state index contributed by atoms with van der Waals surface area (Å²) in [6, 6.07) is 10.8. The van der Waals surface area contributed by atoms with Gasteiger partial charge in [0.25, 0.3) is 5.91 Å². The monoisotopic (exact) mass is 439 g/mol. The molecule has 0 bridgehead atoms. The predicted octanol–water partition coefficient (Wildman–Crippen LogP) is 4.02. The highest BCUT2D eigenvalue weighted by atomic mass is 32.1. The summed E-state index contributed by atoms with van der Waals surface area (Å²) in [4.78, 5) is 30.6. The molecule has 7 nitrogen and oxygen atoms in total. The average Bonchev–Trinajstić information content (AvgIpc) is 3.36. The van der Waals surface area contributed by atoms with E-state index in [1.165, 1.54) is 44.7 Å². The van der Waals surface area contributed by atoms with Gasteiger partial charge in [0.2, 0.25) is 0 Å². The van der Waals surface area contributed by atoms with Crippen molar-refractivity contribution in [2.75, 3.05) is 21.3 Å². The van der Waals surface area contributed by atoms with E-state index >= 15 is 0 Å². The van der Waals surface area contributed by atoms with Crippen LogP contribution >= 0.6 is 11.3 Å². The molecule has 0 saturated heterocycles. The van der Waals surface area contributed by atoms with Gasteiger partial charge >= 0.3 is 5.97 Å². The van der Waals surface area contributed by atoms with Crippen molar-refractivity contribution in [1.82, 2.24) is 14.7 Å². The lowest BCUT2D eigenvalue weighted by Crippen LogP contribution is -2.20.